The van der Waals surface area contributed by atoms with Gasteiger partial charge in [0.05, 0.1) is 11.0 Å². The SMILES string of the molecule is Cn1cc(Br)c(C(=O)Nc2ccn(Cc3ccc(F)cc3Cl)n2)n1. The van der Waals surface area contributed by atoms with E-state index in [4.69, 9.17) is 11.6 Å². The first-order valence-corrected chi connectivity index (χ1v) is 8.07. The topological polar surface area (TPSA) is 64.7 Å². The Balaban J connectivity index is 1.71. The van der Waals surface area contributed by atoms with Crippen LogP contribution >= 0.6 is 27.5 Å². The minimum Gasteiger partial charge on any atom is -0.304 e. The quantitative estimate of drug-likeness (QED) is 0.713. The summed E-state index contributed by atoms with van der Waals surface area (Å²) in [5, 5.41) is 11.3. The fourth-order valence-corrected chi connectivity index (χ4v) is 2.91. The lowest BCUT2D eigenvalue weighted by molar-refractivity contribution is 0.102. The number of aromatic nitrogens is 4. The summed E-state index contributed by atoms with van der Waals surface area (Å²) < 4.78 is 16.8. The number of anilines is 1. The van der Waals surface area contributed by atoms with Gasteiger partial charge in [-0.25, -0.2) is 4.39 Å². The van der Waals surface area contributed by atoms with E-state index in [-0.39, 0.29) is 11.6 Å². The van der Waals surface area contributed by atoms with Crippen LogP contribution in [0.15, 0.2) is 41.1 Å². The molecule has 9 heteroatoms. The van der Waals surface area contributed by atoms with Crippen LogP contribution in [0, 0.1) is 5.82 Å². The molecule has 0 spiro atoms. The van der Waals surface area contributed by atoms with Gasteiger partial charge in [-0.3, -0.25) is 14.2 Å². The highest BCUT2D eigenvalue weighted by molar-refractivity contribution is 9.10. The van der Waals surface area contributed by atoms with Crippen molar-refractivity contribution in [1.82, 2.24) is 19.6 Å². The van der Waals surface area contributed by atoms with Crippen molar-refractivity contribution in [2.45, 2.75) is 6.54 Å². The first kappa shape index (κ1) is 16.7. The Hall–Kier alpha value is -2.19. The number of amides is 1. The highest BCUT2D eigenvalue weighted by Crippen LogP contribution is 2.19. The molecule has 0 bridgehead atoms. The Kier molecular flexibility index (Phi) is 4.68. The molecule has 3 rings (SSSR count). The van der Waals surface area contributed by atoms with Gasteiger partial charge in [0.2, 0.25) is 0 Å². The van der Waals surface area contributed by atoms with Crippen LogP contribution in [0.3, 0.4) is 0 Å². The van der Waals surface area contributed by atoms with Crippen LogP contribution in [0.25, 0.3) is 0 Å². The van der Waals surface area contributed by atoms with Crippen LogP contribution in [0.2, 0.25) is 5.02 Å². The third-order valence-corrected chi connectivity index (χ3v) is 4.16. The molecule has 3 aromatic rings. The molecule has 2 aromatic heterocycles. The molecule has 24 heavy (non-hydrogen) atoms. The smallest absolute Gasteiger partial charge is 0.278 e. The van der Waals surface area contributed by atoms with Gasteiger partial charge >= 0.3 is 0 Å². The van der Waals surface area contributed by atoms with Gasteiger partial charge in [-0.05, 0) is 33.6 Å². The summed E-state index contributed by atoms with van der Waals surface area (Å²) in [5.41, 5.74) is 1.00. The van der Waals surface area contributed by atoms with Gasteiger partial charge in [-0.2, -0.15) is 10.2 Å². The molecular formula is C15H12BrClFN5O. The highest BCUT2D eigenvalue weighted by Gasteiger charge is 2.15. The summed E-state index contributed by atoms with van der Waals surface area (Å²) in [4.78, 5) is 12.2. The zero-order chi connectivity index (χ0) is 17.3. The van der Waals surface area contributed by atoms with Gasteiger partial charge in [-0.15, -0.1) is 0 Å². The summed E-state index contributed by atoms with van der Waals surface area (Å²) in [6.45, 7) is 0.363. The molecule has 0 atom stereocenters. The van der Waals surface area contributed by atoms with Crippen molar-refractivity contribution < 1.29 is 9.18 Å². The number of benzene rings is 1. The Bertz CT molecular complexity index is 907. The first-order valence-electron chi connectivity index (χ1n) is 6.90. The molecule has 0 aliphatic carbocycles. The Morgan fingerprint density at radius 1 is 1.38 bits per heavy atom. The lowest BCUT2D eigenvalue weighted by Gasteiger charge is -2.05. The van der Waals surface area contributed by atoms with Crippen LogP contribution in [0.1, 0.15) is 16.1 Å². The van der Waals surface area contributed by atoms with Crippen molar-refractivity contribution in [3.8, 4) is 0 Å². The van der Waals surface area contributed by atoms with Crippen molar-refractivity contribution in [2.75, 3.05) is 5.32 Å². The second-order valence-electron chi connectivity index (χ2n) is 5.09. The first-order chi connectivity index (χ1) is 11.4. The zero-order valence-electron chi connectivity index (χ0n) is 12.5. The summed E-state index contributed by atoms with van der Waals surface area (Å²) in [5.74, 6) is -0.374. The minimum absolute atomic E-state index is 0.272. The van der Waals surface area contributed by atoms with Gasteiger partial charge in [-0.1, -0.05) is 17.7 Å². The van der Waals surface area contributed by atoms with Crippen LogP contribution in [0.5, 0.6) is 0 Å². The van der Waals surface area contributed by atoms with E-state index in [0.29, 0.717) is 21.9 Å². The van der Waals surface area contributed by atoms with E-state index in [9.17, 15) is 9.18 Å². The largest absolute Gasteiger partial charge is 0.304 e. The van der Waals surface area contributed by atoms with Crippen molar-refractivity contribution in [3.63, 3.8) is 0 Å². The molecule has 6 nitrogen and oxygen atoms in total. The van der Waals surface area contributed by atoms with Crippen molar-refractivity contribution in [2.24, 2.45) is 7.05 Å². The Labute approximate surface area is 150 Å². The molecule has 1 amide bonds. The van der Waals surface area contributed by atoms with Crippen LogP contribution in [0.4, 0.5) is 10.2 Å². The maximum atomic E-state index is 13.1. The van der Waals surface area contributed by atoms with E-state index in [1.54, 1.807) is 36.3 Å². The van der Waals surface area contributed by atoms with E-state index in [2.05, 4.69) is 31.4 Å². The third kappa shape index (κ3) is 3.65. The lowest BCUT2D eigenvalue weighted by atomic mass is 10.2. The lowest BCUT2D eigenvalue weighted by Crippen LogP contribution is -2.14. The molecule has 0 fully saturated rings. The molecule has 1 N–H and O–H groups in total. The predicted molar refractivity (Wildman–Crippen MR) is 91.6 cm³/mol. The monoisotopic (exact) mass is 411 g/mol. The van der Waals surface area contributed by atoms with E-state index < -0.39 is 5.82 Å². The number of hydrogen-bond donors (Lipinski definition) is 1. The summed E-state index contributed by atoms with van der Waals surface area (Å²) in [6, 6.07) is 5.85. The van der Waals surface area contributed by atoms with Crippen molar-refractivity contribution in [1.29, 1.82) is 0 Å². The molecule has 0 saturated heterocycles. The van der Waals surface area contributed by atoms with Gasteiger partial charge in [0, 0.05) is 30.5 Å². The highest BCUT2D eigenvalue weighted by atomic mass is 79.9. The van der Waals surface area contributed by atoms with Crippen LogP contribution in [-0.2, 0) is 13.6 Å². The number of halogens is 3. The zero-order valence-corrected chi connectivity index (χ0v) is 14.8. The molecule has 2 heterocycles. The van der Waals surface area contributed by atoms with Gasteiger partial charge in [0.15, 0.2) is 11.5 Å². The fourth-order valence-electron chi connectivity index (χ4n) is 2.13. The number of hydrogen-bond acceptors (Lipinski definition) is 3. The van der Waals surface area contributed by atoms with E-state index >= 15 is 0 Å². The predicted octanol–water partition coefficient (Wildman–Crippen LogP) is 3.47. The van der Waals surface area contributed by atoms with Crippen molar-refractivity contribution in [3.05, 3.63) is 63.2 Å². The van der Waals surface area contributed by atoms with Crippen LogP contribution in [-0.4, -0.2) is 25.5 Å². The molecular weight excluding hydrogens is 401 g/mol. The Morgan fingerprint density at radius 2 is 2.17 bits per heavy atom. The molecule has 0 aliphatic heterocycles. The molecule has 0 radical (unpaired) electrons. The maximum Gasteiger partial charge on any atom is 0.278 e. The fraction of sp³-hybridized carbons (Fsp3) is 0.133. The summed E-state index contributed by atoms with van der Waals surface area (Å²) >= 11 is 9.28. The third-order valence-electron chi connectivity index (χ3n) is 3.23. The van der Waals surface area contributed by atoms with E-state index in [0.717, 1.165) is 5.56 Å². The van der Waals surface area contributed by atoms with Gasteiger partial charge < -0.3 is 5.32 Å². The molecule has 0 unspecified atom stereocenters. The van der Waals surface area contributed by atoms with Gasteiger partial charge in [0.25, 0.3) is 5.91 Å². The number of nitrogens with one attached hydrogen (secondary N) is 1. The number of aryl methyl sites for hydroxylation is 1. The normalized spacial score (nSPS) is 10.8. The number of nitrogens with zero attached hydrogens (tertiary/aromatic N) is 4. The summed E-state index contributed by atoms with van der Waals surface area (Å²) in [6.07, 6.45) is 3.38. The molecule has 124 valence electrons. The average Bonchev–Trinajstić information content (AvgIpc) is 3.08. The number of rotatable bonds is 4. The number of carbonyl (C=O) groups is 1. The minimum atomic E-state index is -0.391. The maximum absolute atomic E-state index is 13.1. The molecule has 0 saturated carbocycles. The van der Waals surface area contributed by atoms with E-state index in [1.165, 1.54) is 16.8 Å². The van der Waals surface area contributed by atoms with Crippen LogP contribution < -0.4 is 5.32 Å². The van der Waals surface area contributed by atoms with Crippen molar-refractivity contribution >= 4 is 39.3 Å². The molecule has 1 aromatic carbocycles. The number of carbonyl (C=O) groups excluding carboxylic acids is 1. The Morgan fingerprint density at radius 3 is 2.83 bits per heavy atom. The second-order valence-corrected chi connectivity index (χ2v) is 6.35. The van der Waals surface area contributed by atoms with Gasteiger partial charge in [0.1, 0.15) is 5.82 Å². The molecule has 0 aliphatic rings. The van der Waals surface area contributed by atoms with E-state index in [1.807, 2.05) is 0 Å². The summed E-state index contributed by atoms with van der Waals surface area (Å²) in [7, 11) is 1.72. The average molecular weight is 413 g/mol. The standard InChI is InChI=1S/C15H12BrClFN5O/c1-22-8-11(16)14(21-22)15(24)19-13-4-5-23(20-13)7-9-2-3-10(18)6-12(9)17/h2-6,8H,7H2,1H3,(H,19,20,24). The second kappa shape index (κ2) is 6.74.